The number of nitrogens with zero attached hydrogens (tertiary/aromatic N) is 2. The third kappa shape index (κ3) is 7.89. The summed E-state index contributed by atoms with van der Waals surface area (Å²) in [6, 6.07) is 21.3. The Hall–Kier alpha value is -3.36. The first-order chi connectivity index (χ1) is 19.7. The molecule has 0 radical (unpaired) electrons. The van der Waals surface area contributed by atoms with Crippen molar-refractivity contribution in [1.29, 1.82) is 0 Å². The second kappa shape index (κ2) is 13.1. The topological polar surface area (TPSA) is 44.8 Å². The van der Waals surface area contributed by atoms with E-state index in [1.54, 1.807) is 0 Å². The highest BCUT2D eigenvalue weighted by Crippen LogP contribution is 2.31. The van der Waals surface area contributed by atoms with E-state index in [1.165, 1.54) is 25.0 Å². The van der Waals surface area contributed by atoms with E-state index in [0.29, 0.717) is 18.2 Å². The van der Waals surface area contributed by atoms with Crippen LogP contribution in [0.4, 0.5) is 13.2 Å². The van der Waals surface area contributed by atoms with E-state index in [-0.39, 0.29) is 12.0 Å². The van der Waals surface area contributed by atoms with Crippen LogP contribution in [0.1, 0.15) is 53.6 Å². The largest absolute Gasteiger partial charge is 0.490 e. The number of alkyl halides is 3. The van der Waals surface area contributed by atoms with Gasteiger partial charge in [0.15, 0.2) is 0 Å². The molecule has 5 nitrogen and oxygen atoms in total. The second-order valence-electron chi connectivity index (χ2n) is 11.2. The fraction of sp³-hybridized carbons (Fsp3) is 0.424. The van der Waals surface area contributed by atoms with Crippen LogP contribution < -0.4 is 10.1 Å². The molecule has 2 saturated heterocycles. The molecule has 41 heavy (non-hydrogen) atoms. The fourth-order valence-electron chi connectivity index (χ4n) is 5.85. The van der Waals surface area contributed by atoms with E-state index < -0.39 is 11.7 Å². The Balaban J connectivity index is 1.09. The lowest BCUT2D eigenvalue weighted by molar-refractivity contribution is -0.137. The van der Waals surface area contributed by atoms with Crippen molar-refractivity contribution < 1.29 is 22.7 Å². The molecule has 0 aromatic heterocycles. The Morgan fingerprint density at radius 2 is 1.68 bits per heavy atom. The van der Waals surface area contributed by atoms with Crippen molar-refractivity contribution >= 4 is 5.91 Å². The predicted molar refractivity (Wildman–Crippen MR) is 155 cm³/mol. The maximum Gasteiger partial charge on any atom is 0.416 e. The third-order valence-corrected chi connectivity index (χ3v) is 8.25. The molecular formula is C33H38F3N3O2. The first kappa shape index (κ1) is 29.1. The summed E-state index contributed by atoms with van der Waals surface area (Å²) in [5.74, 6) is 0.653. The van der Waals surface area contributed by atoms with Crippen LogP contribution in [0, 0.1) is 0 Å². The number of halogens is 3. The van der Waals surface area contributed by atoms with Gasteiger partial charge in [0.2, 0.25) is 0 Å². The molecular weight excluding hydrogens is 527 g/mol. The summed E-state index contributed by atoms with van der Waals surface area (Å²) in [5.41, 5.74) is 2.78. The summed E-state index contributed by atoms with van der Waals surface area (Å²) in [6.45, 7) is 4.34. The summed E-state index contributed by atoms with van der Waals surface area (Å²) in [4.78, 5) is 17.4. The van der Waals surface area contributed by atoms with Gasteiger partial charge in [0.25, 0.3) is 5.91 Å². The fourth-order valence-corrected chi connectivity index (χ4v) is 5.85. The van der Waals surface area contributed by atoms with E-state index in [9.17, 15) is 18.0 Å². The molecule has 0 spiro atoms. The monoisotopic (exact) mass is 565 g/mol. The lowest BCUT2D eigenvalue weighted by Crippen LogP contribution is -2.37. The lowest BCUT2D eigenvalue weighted by atomic mass is 10.0. The zero-order chi connectivity index (χ0) is 28.8. The average molecular weight is 566 g/mol. The minimum atomic E-state index is -4.33. The molecule has 3 aromatic carbocycles. The van der Waals surface area contributed by atoms with E-state index in [2.05, 4.69) is 28.2 Å². The van der Waals surface area contributed by atoms with Gasteiger partial charge in [0.05, 0.1) is 5.56 Å². The van der Waals surface area contributed by atoms with Gasteiger partial charge in [0, 0.05) is 37.8 Å². The van der Waals surface area contributed by atoms with Gasteiger partial charge in [-0.15, -0.1) is 0 Å². The molecule has 2 fully saturated rings. The molecule has 1 amide bonds. The van der Waals surface area contributed by atoms with E-state index in [1.807, 2.05) is 42.5 Å². The number of hydrogen-bond acceptors (Lipinski definition) is 4. The van der Waals surface area contributed by atoms with Crippen LogP contribution in [0.5, 0.6) is 5.75 Å². The minimum Gasteiger partial charge on any atom is -0.490 e. The van der Waals surface area contributed by atoms with Crippen molar-refractivity contribution in [2.24, 2.45) is 0 Å². The summed E-state index contributed by atoms with van der Waals surface area (Å²) >= 11 is 0. The quantitative estimate of drug-likeness (QED) is 0.316. The molecule has 8 heteroatoms. The number of nitrogens with one attached hydrogen (secondary N) is 1. The summed E-state index contributed by atoms with van der Waals surface area (Å²) in [5, 5.41) is 3.06. The second-order valence-corrected chi connectivity index (χ2v) is 11.2. The molecule has 2 heterocycles. The van der Waals surface area contributed by atoms with Crippen LogP contribution in [0.25, 0.3) is 11.1 Å². The van der Waals surface area contributed by atoms with E-state index >= 15 is 0 Å². The Kier molecular flexibility index (Phi) is 9.30. The molecule has 3 aromatic rings. The number of carbonyl (C=O) groups is 1. The molecule has 0 bridgehead atoms. The summed E-state index contributed by atoms with van der Waals surface area (Å²) in [7, 11) is 2.15. The zero-order valence-electron chi connectivity index (χ0n) is 23.5. The van der Waals surface area contributed by atoms with E-state index in [0.717, 1.165) is 80.0 Å². The Labute approximate surface area is 240 Å². The first-order valence-electron chi connectivity index (χ1n) is 14.5. The van der Waals surface area contributed by atoms with Crippen LogP contribution in [-0.4, -0.2) is 61.1 Å². The van der Waals surface area contributed by atoms with Crippen molar-refractivity contribution in [3.8, 4) is 16.9 Å². The third-order valence-electron chi connectivity index (χ3n) is 8.25. The van der Waals surface area contributed by atoms with Gasteiger partial charge in [0.1, 0.15) is 11.9 Å². The summed E-state index contributed by atoms with van der Waals surface area (Å²) < 4.78 is 45.0. The number of likely N-dealkylation sites (tertiary alicyclic amines) is 2. The van der Waals surface area contributed by atoms with Gasteiger partial charge >= 0.3 is 6.18 Å². The van der Waals surface area contributed by atoms with Gasteiger partial charge < -0.3 is 15.0 Å². The Bertz CT molecular complexity index is 1300. The van der Waals surface area contributed by atoms with Gasteiger partial charge in [-0.25, -0.2) is 0 Å². The normalized spacial score (nSPS) is 18.9. The zero-order valence-corrected chi connectivity index (χ0v) is 23.5. The molecule has 1 N–H and O–H groups in total. The Morgan fingerprint density at radius 3 is 2.39 bits per heavy atom. The number of hydrogen-bond donors (Lipinski definition) is 1. The number of rotatable bonds is 9. The van der Waals surface area contributed by atoms with Crippen molar-refractivity contribution in [1.82, 2.24) is 15.1 Å². The standard InChI is InChI=1S/C33H38F3N3O2/c1-38-18-4-8-29(38)14-17-37-32(40)27-7-3-9-31(22-27)41-30-15-19-39(20-16-30)23-24-5-2-6-26(21-24)25-10-12-28(13-11-25)33(34,35)36/h2-3,5-7,9-13,21-22,29-30H,4,8,14-20,23H2,1H3,(H,37,40). The van der Waals surface area contributed by atoms with Crippen LogP contribution in [0.3, 0.4) is 0 Å². The number of piperidine rings is 1. The van der Waals surface area contributed by atoms with Gasteiger partial charge in [-0.1, -0.05) is 36.4 Å². The number of ether oxygens (including phenoxy) is 1. The molecule has 1 unspecified atom stereocenters. The maximum absolute atomic E-state index is 12.9. The van der Waals surface area contributed by atoms with Gasteiger partial charge in [-0.3, -0.25) is 9.69 Å². The number of amides is 1. The number of benzene rings is 3. The molecule has 2 aliphatic rings. The smallest absolute Gasteiger partial charge is 0.416 e. The van der Waals surface area contributed by atoms with Crippen molar-refractivity contribution in [3.05, 3.63) is 89.5 Å². The first-order valence-corrected chi connectivity index (χ1v) is 14.5. The van der Waals surface area contributed by atoms with Crippen molar-refractivity contribution in [3.63, 3.8) is 0 Å². The highest BCUT2D eigenvalue weighted by Gasteiger charge is 2.30. The van der Waals surface area contributed by atoms with Gasteiger partial charge in [-0.2, -0.15) is 13.2 Å². The highest BCUT2D eigenvalue weighted by atomic mass is 19.4. The van der Waals surface area contributed by atoms with Crippen molar-refractivity contribution in [2.75, 3.05) is 33.2 Å². The minimum absolute atomic E-state index is 0.0653. The van der Waals surface area contributed by atoms with Gasteiger partial charge in [-0.05, 0) is 98.8 Å². The molecule has 218 valence electrons. The molecule has 0 saturated carbocycles. The SMILES string of the molecule is CN1CCCC1CCNC(=O)c1cccc(OC2CCN(Cc3cccc(-c4ccc(C(F)(F)F)cc4)c3)CC2)c1. The molecule has 2 aliphatic heterocycles. The molecule has 5 rings (SSSR count). The molecule has 1 atom stereocenters. The van der Waals surface area contributed by atoms with Crippen LogP contribution >= 0.6 is 0 Å². The van der Waals surface area contributed by atoms with Crippen LogP contribution in [-0.2, 0) is 12.7 Å². The van der Waals surface area contributed by atoms with E-state index in [4.69, 9.17) is 4.74 Å². The average Bonchev–Trinajstić information content (AvgIpc) is 3.38. The van der Waals surface area contributed by atoms with Crippen LogP contribution in [0.2, 0.25) is 0 Å². The Morgan fingerprint density at radius 1 is 0.927 bits per heavy atom. The lowest BCUT2D eigenvalue weighted by Gasteiger charge is -2.32. The van der Waals surface area contributed by atoms with Crippen molar-refractivity contribution in [2.45, 2.75) is 57.0 Å². The highest BCUT2D eigenvalue weighted by molar-refractivity contribution is 5.94. The number of carbonyl (C=O) groups excluding carboxylic acids is 1. The summed E-state index contributed by atoms with van der Waals surface area (Å²) in [6.07, 6.45) is 0.904. The maximum atomic E-state index is 12.9. The van der Waals surface area contributed by atoms with Crippen LogP contribution in [0.15, 0.2) is 72.8 Å². The molecule has 0 aliphatic carbocycles. The predicted octanol–water partition coefficient (Wildman–Crippen LogP) is 6.63.